The molecule has 0 bridgehead atoms. The molecule has 1 aromatic rings. The highest BCUT2D eigenvalue weighted by Crippen LogP contribution is 2.20. The van der Waals surface area contributed by atoms with Crippen molar-refractivity contribution >= 4 is 11.5 Å². The minimum atomic E-state index is -0.654. The maximum Gasteiger partial charge on any atom is 0.288 e. The molecule has 98 valence electrons. The minimum absolute atomic E-state index is 0.00403. The van der Waals surface area contributed by atoms with Crippen LogP contribution in [0.4, 0.5) is 5.69 Å². The molecule has 18 heavy (non-hydrogen) atoms. The fourth-order valence-corrected chi connectivity index (χ4v) is 1.13. The van der Waals surface area contributed by atoms with Crippen LogP contribution in [0, 0.1) is 10.1 Å². The molecule has 0 fully saturated rings. The fraction of sp³-hybridized carbons (Fsp3) is 0.333. The van der Waals surface area contributed by atoms with E-state index < -0.39 is 4.92 Å². The first-order chi connectivity index (χ1) is 8.60. The van der Waals surface area contributed by atoms with Crippen molar-refractivity contribution in [3.8, 4) is 5.88 Å². The summed E-state index contributed by atoms with van der Waals surface area (Å²) in [4.78, 5) is 13.7. The summed E-state index contributed by atoms with van der Waals surface area (Å²) in [5, 5.41) is 30.5. The van der Waals surface area contributed by atoms with Gasteiger partial charge in [0.05, 0.1) is 17.1 Å². The first-order valence-electron chi connectivity index (χ1n) is 4.96. The van der Waals surface area contributed by atoms with E-state index in [4.69, 9.17) is 20.8 Å². The van der Waals surface area contributed by atoms with Crippen LogP contribution in [0.2, 0.25) is 0 Å². The molecule has 0 radical (unpaired) electrons. The highest BCUT2D eigenvalue weighted by molar-refractivity contribution is 5.99. The molecule has 9 nitrogen and oxygen atoms in total. The van der Waals surface area contributed by atoms with Gasteiger partial charge in [-0.05, 0) is 0 Å². The van der Waals surface area contributed by atoms with Crippen LogP contribution in [0.25, 0.3) is 0 Å². The van der Waals surface area contributed by atoms with E-state index >= 15 is 0 Å². The highest BCUT2D eigenvalue weighted by atomic mass is 16.6. The Labute approximate surface area is 102 Å². The quantitative estimate of drug-likeness (QED) is 0.160. The lowest BCUT2D eigenvalue weighted by molar-refractivity contribution is -0.385. The number of aromatic nitrogens is 1. The predicted octanol–water partition coefficient (Wildman–Crippen LogP) is -0.155. The van der Waals surface area contributed by atoms with Crippen LogP contribution in [0.1, 0.15) is 12.0 Å². The Morgan fingerprint density at radius 2 is 2.39 bits per heavy atom. The Hall–Kier alpha value is -2.42. The van der Waals surface area contributed by atoms with E-state index in [2.05, 4.69) is 10.1 Å². The number of nitrogens with zero attached hydrogens (tertiary/aromatic N) is 3. The van der Waals surface area contributed by atoms with E-state index in [0.717, 1.165) is 12.3 Å². The van der Waals surface area contributed by atoms with E-state index in [9.17, 15) is 10.1 Å². The molecule has 0 unspecified atom stereocenters. The maximum absolute atomic E-state index is 10.6. The molecule has 1 rings (SSSR count). The number of nitro groups is 1. The van der Waals surface area contributed by atoms with Crippen molar-refractivity contribution in [3.63, 3.8) is 0 Å². The average Bonchev–Trinajstić information content (AvgIpc) is 2.38. The van der Waals surface area contributed by atoms with Crippen molar-refractivity contribution in [1.82, 2.24) is 4.98 Å². The van der Waals surface area contributed by atoms with Gasteiger partial charge in [0, 0.05) is 19.1 Å². The van der Waals surface area contributed by atoms with Gasteiger partial charge in [-0.3, -0.25) is 10.1 Å². The number of hydrogen-bond acceptors (Lipinski definition) is 7. The second-order valence-corrected chi connectivity index (χ2v) is 3.21. The molecule has 0 amide bonds. The number of pyridine rings is 1. The van der Waals surface area contributed by atoms with E-state index in [1.54, 1.807) is 0 Å². The summed E-state index contributed by atoms with van der Waals surface area (Å²) in [7, 11) is 0. The lowest BCUT2D eigenvalue weighted by Gasteiger charge is -2.08. The molecule has 1 aromatic heterocycles. The number of aliphatic hydroxyl groups excluding tert-OH is 1. The van der Waals surface area contributed by atoms with Crippen molar-refractivity contribution in [2.75, 3.05) is 13.2 Å². The van der Waals surface area contributed by atoms with Gasteiger partial charge in [0.2, 0.25) is 5.88 Å². The molecule has 0 aliphatic carbocycles. The van der Waals surface area contributed by atoms with E-state index in [1.807, 2.05) is 0 Å². The Bertz CT molecular complexity index is 462. The average molecular weight is 256 g/mol. The van der Waals surface area contributed by atoms with Crippen LogP contribution >= 0.6 is 0 Å². The van der Waals surface area contributed by atoms with E-state index in [1.165, 1.54) is 0 Å². The summed E-state index contributed by atoms with van der Waals surface area (Å²) >= 11 is 0. The van der Waals surface area contributed by atoms with Crippen LogP contribution in [0.5, 0.6) is 5.88 Å². The van der Waals surface area contributed by atoms with E-state index in [-0.39, 0.29) is 36.2 Å². The van der Waals surface area contributed by atoms with Gasteiger partial charge in [0.15, 0.2) is 5.84 Å². The number of hydrogen-bond donors (Lipinski definition) is 3. The Balaban J connectivity index is 3.05. The van der Waals surface area contributed by atoms with Crippen LogP contribution in [0.3, 0.4) is 0 Å². The third-order valence-corrected chi connectivity index (χ3v) is 1.97. The molecular weight excluding hydrogens is 244 g/mol. The second kappa shape index (κ2) is 6.35. The number of amidine groups is 1. The molecule has 0 aromatic carbocycles. The van der Waals surface area contributed by atoms with Gasteiger partial charge >= 0.3 is 0 Å². The molecule has 1 heterocycles. The molecular formula is C9H12N4O5. The Morgan fingerprint density at radius 1 is 1.67 bits per heavy atom. The summed E-state index contributed by atoms with van der Waals surface area (Å²) < 4.78 is 5.17. The smallest absolute Gasteiger partial charge is 0.288 e. The number of oxime groups is 1. The lowest BCUT2D eigenvalue weighted by Crippen LogP contribution is -2.16. The van der Waals surface area contributed by atoms with Crippen molar-refractivity contribution in [3.05, 3.63) is 27.9 Å². The predicted molar refractivity (Wildman–Crippen MR) is 60.6 cm³/mol. The molecule has 9 heteroatoms. The van der Waals surface area contributed by atoms with Gasteiger partial charge in [-0.15, -0.1) is 0 Å². The topological polar surface area (TPSA) is 144 Å². The summed E-state index contributed by atoms with van der Waals surface area (Å²) in [5.74, 6) is -0.338. The molecule has 0 atom stereocenters. The SMILES string of the molecule is NC(=NO)c1cc([N+](=O)[O-])cnc1OCCCO. The summed E-state index contributed by atoms with van der Waals surface area (Å²) in [5.41, 5.74) is 5.09. The first kappa shape index (κ1) is 13.6. The third kappa shape index (κ3) is 3.28. The number of nitrogens with two attached hydrogens (primary N) is 1. The fourth-order valence-electron chi connectivity index (χ4n) is 1.13. The zero-order valence-electron chi connectivity index (χ0n) is 9.31. The van der Waals surface area contributed by atoms with Crippen molar-refractivity contribution in [2.24, 2.45) is 10.9 Å². The largest absolute Gasteiger partial charge is 0.477 e. The monoisotopic (exact) mass is 256 g/mol. The van der Waals surface area contributed by atoms with Gasteiger partial charge < -0.3 is 20.8 Å². The molecule has 0 spiro atoms. The summed E-state index contributed by atoms with van der Waals surface area (Å²) in [6.07, 6.45) is 1.37. The van der Waals surface area contributed by atoms with Crippen LogP contribution in [-0.2, 0) is 0 Å². The minimum Gasteiger partial charge on any atom is -0.477 e. The van der Waals surface area contributed by atoms with Crippen molar-refractivity contribution in [1.29, 1.82) is 0 Å². The van der Waals surface area contributed by atoms with Gasteiger partial charge in [-0.1, -0.05) is 5.16 Å². The summed E-state index contributed by atoms with van der Waals surface area (Å²) in [6, 6.07) is 1.09. The molecule has 0 aliphatic rings. The maximum atomic E-state index is 10.6. The van der Waals surface area contributed by atoms with Gasteiger partial charge in [0.25, 0.3) is 5.69 Å². The standard InChI is InChI=1S/C9H12N4O5/c10-8(12-15)7-4-6(13(16)17)5-11-9(7)18-3-1-2-14/h4-5,14-15H,1-3H2,(H2,10,12). The molecule has 4 N–H and O–H groups in total. The van der Waals surface area contributed by atoms with Crippen LogP contribution < -0.4 is 10.5 Å². The first-order valence-corrected chi connectivity index (χ1v) is 4.96. The highest BCUT2D eigenvalue weighted by Gasteiger charge is 2.16. The zero-order chi connectivity index (χ0) is 13.5. The Morgan fingerprint density at radius 3 is 2.94 bits per heavy atom. The summed E-state index contributed by atoms with van der Waals surface area (Å²) in [6.45, 7) is 0.0961. The number of rotatable bonds is 6. The van der Waals surface area contributed by atoms with Gasteiger partial charge in [-0.2, -0.15) is 0 Å². The normalized spacial score (nSPS) is 11.3. The molecule has 0 aliphatic heterocycles. The van der Waals surface area contributed by atoms with Crippen molar-refractivity contribution < 1.29 is 20.0 Å². The molecule has 0 saturated heterocycles. The third-order valence-electron chi connectivity index (χ3n) is 1.97. The Kier molecular flexibility index (Phi) is 4.81. The lowest BCUT2D eigenvalue weighted by atomic mass is 10.2. The van der Waals surface area contributed by atoms with Gasteiger partial charge in [0.1, 0.15) is 6.20 Å². The second-order valence-electron chi connectivity index (χ2n) is 3.21. The van der Waals surface area contributed by atoms with Gasteiger partial charge in [-0.25, -0.2) is 4.98 Å². The molecule has 0 saturated carbocycles. The van der Waals surface area contributed by atoms with Crippen molar-refractivity contribution in [2.45, 2.75) is 6.42 Å². The van der Waals surface area contributed by atoms with E-state index in [0.29, 0.717) is 6.42 Å². The number of ether oxygens (including phenoxy) is 1. The zero-order valence-corrected chi connectivity index (χ0v) is 9.31. The number of aliphatic hydroxyl groups is 1. The van der Waals surface area contributed by atoms with Crippen LogP contribution in [-0.4, -0.2) is 39.3 Å². The van der Waals surface area contributed by atoms with Crippen LogP contribution in [0.15, 0.2) is 17.4 Å².